The number of rotatable bonds is 4. The summed E-state index contributed by atoms with van der Waals surface area (Å²) in [5.74, 6) is 0. The second-order valence-corrected chi connectivity index (χ2v) is 5.04. The zero-order valence-corrected chi connectivity index (χ0v) is 14.9. The maximum atomic E-state index is 12.2. The van der Waals surface area contributed by atoms with E-state index in [0.29, 0.717) is 0 Å². The van der Waals surface area contributed by atoms with Crippen LogP contribution < -0.4 is 0 Å². The van der Waals surface area contributed by atoms with Crippen LogP contribution in [0.25, 0.3) is 0 Å². The molecule has 1 aromatic carbocycles. The molecular formula is C13H17Br2F3Si. The van der Waals surface area contributed by atoms with Crippen molar-refractivity contribution in [2.75, 3.05) is 5.33 Å². The van der Waals surface area contributed by atoms with Gasteiger partial charge in [0, 0.05) is 21.6 Å². The highest BCUT2D eigenvalue weighted by atomic mass is 79.9. The monoisotopic (exact) mass is 416 g/mol. The van der Waals surface area contributed by atoms with Crippen LogP contribution in [0.4, 0.5) is 13.2 Å². The summed E-state index contributed by atoms with van der Waals surface area (Å²) in [4.78, 5) is 0. The number of benzene rings is 1. The molecule has 4 radical (unpaired) electrons. The summed E-state index contributed by atoms with van der Waals surface area (Å²) in [6.45, 7) is 2.21. The van der Waals surface area contributed by atoms with E-state index in [0.717, 1.165) is 6.07 Å². The first-order valence-electron chi connectivity index (χ1n) is 5.74. The van der Waals surface area contributed by atoms with Gasteiger partial charge < -0.3 is 0 Å². The van der Waals surface area contributed by atoms with Gasteiger partial charge in [-0.3, -0.25) is 0 Å². The van der Waals surface area contributed by atoms with Crippen molar-refractivity contribution in [3.63, 3.8) is 0 Å². The number of alkyl halides is 5. The zero-order valence-electron chi connectivity index (χ0n) is 10.7. The molecule has 0 amide bonds. The average Bonchev–Trinajstić information content (AvgIpc) is 2.36. The van der Waals surface area contributed by atoms with Crippen molar-refractivity contribution in [2.45, 2.75) is 37.7 Å². The number of halogens is 5. The Morgan fingerprint density at radius 3 is 1.95 bits per heavy atom. The molecule has 0 N–H and O–H groups in total. The summed E-state index contributed by atoms with van der Waals surface area (Å²) < 4.78 is 36.6. The molecule has 0 saturated carbocycles. The van der Waals surface area contributed by atoms with Gasteiger partial charge in [-0.15, -0.1) is 0 Å². The second kappa shape index (κ2) is 12.0. The second-order valence-electron chi connectivity index (χ2n) is 3.68. The lowest BCUT2D eigenvalue weighted by molar-refractivity contribution is -0.138. The van der Waals surface area contributed by atoms with Crippen LogP contribution in [-0.4, -0.2) is 16.3 Å². The first-order chi connectivity index (χ1) is 8.47. The molecule has 0 saturated heterocycles. The average molecular weight is 418 g/mol. The molecular weight excluding hydrogens is 401 g/mol. The fourth-order valence-electron chi connectivity index (χ4n) is 1.26. The van der Waals surface area contributed by atoms with Crippen LogP contribution in [0.15, 0.2) is 24.3 Å². The fraction of sp³-hybridized carbons (Fsp3) is 0.538. The van der Waals surface area contributed by atoms with Crippen molar-refractivity contribution < 1.29 is 13.2 Å². The van der Waals surface area contributed by atoms with E-state index in [1.807, 2.05) is 0 Å². The third-order valence-corrected chi connectivity index (χ3v) is 3.37. The van der Waals surface area contributed by atoms with Crippen molar-refractivity contribution in [2.24, 2.45) is 0 Å². The Morgan fingerprint density at radius 1 is 1.05 bits per heavy atom. The van der Waals surface area contributed by atoms with E-state index in [1.54, 1.807) is 6.07 Å². The van der Waals surface area contributed by atoms with Gasteiger partial charge in [-0.25, -0.2) is 0 Å². The topological polar surface area (TPSA) is 0 Å². The summed E-state index contributed by atoms with van der Waals surface area (Å²) in [7, 11) is 0. The molecule has 1 rings (SSSR count). The standard InChI is InChI=1S/C8H6BrF3.C5H11Br.Si/c9-5-6-3-1-2-4-7(6)8(10,11)12;1-2-3-4-5-6;/h1-4H,5H2;2-5H2,1H3;. The minimum absolute atomic E-state index is 0. The highest BCUT2D eigenvalue weighted by Crippen LogP contribution is 2.32. The Bertz CT molecular complexity index is 326. The van der Waals surface area contributed by atoms with Gasteiger partial charge in [-0.1, -0.05) is 69.8 Å². The molecule has 6 heteroatoms. The van der Waals surface area contributed by atoms with Gasteiger partial charge >= 0.3 is 6.18 Å². The van der Waals surface area contributed by atoms with Crippen LogP contribution in [0.5, 0.6) is 0 Å². The van der Waals surface area contributed by atoms with E-state index < -0.39 is 11.7 Å². The predicted octanol–water partition coefficient (Wildman–Crippen LogP) is 5.79. The third kappa shape index (κ3) is 9.68. The summed E-state index contributed by atoms with van der Waals surface area (Å²) in [5, 5.41) is 1.39. The lowest BCUT2D eigenvalue weighted by Gasteiger charge is -2.09. The van der Waals surface area contributed by atoms with Crippen molar-refractivity contribution >= 4 is 42.8 Å². The van der Waals surface area contributed by atoms with Gasteiger partial charge in [-0.2, -0.15) is 13.2 Å². The summed E-state index contributed by atoms with van der Waals surface area (Å²) in [6.07, 6.45) is -0.224. The Morgan fingerprint density at radius 2 is 1.63 bits per heavy atom. The molecule has 0 aromatic heterocycles. The molecule has 0 aliphatic heterocycles. The fourth-order valence-corrected chi connectivity index (χ4v) is 2.14. The highest BCUT2D eigenvalue weighted by Gasteiger charge is 2.32. The molecule has 0 spiro atoms. The lowest BCUT2D eigenvalue weighted by atomic mass is 10.1. The van der Waals surface area contributed by atoms with Crippen LogP contribution in [0.2, 0.25) is 0 Å². The maximum Gasteiger partial charge on any atom is 0.416 e. The minimum Gasteiger partial charge on any atom is -0.166 e. The SMILES string of the molecule is CCCCCBr.FC(F)(F)c1ccccc1CBr.[Si]. The Hall–Kier alpha value is 0.187. The number of unbranched alkanes of at least 4 members (excludes halogenated alkanes) is 2. The van der Waals surface area contributed by atoms with Gasteiger partial charge in [-0.05, 0) is 18.1 Å². The maximum absolute atomic E-state index is 12.2. The zero-order chi connectivity index (χ0) is 14.0. The summed E-state index contributed by atoms with van der Waals surface area (Å²) in [5.41, 5.74) is -0.299. The summed E-state index contributed by atoms with van der Waals surface area (Å²) >= 11 is 6.35. The van der Waals surface area contributed by atoms with Crippen LogP contribution in [0.1, 0.15) is 37.3 Å². The minimum atomic E-state index is -4.25. The Balaban J connectivity index is 0. The van der Waals surface area contributed by atoms with Crippen molar-refractivity contribution in [3.05, 3.63) is 35.4 Å². The Kier molecular flexibility index (Phi) is 13.5. The smallest absolute Gasteiger partial charge is 0.166 e. The van der Waals surface area contributed by atoms with E-state index in [-0.39, 0.29) is 21.9 Å². The number of hydrogen-bond donors (Lipinski definition) is 0. The van der Waals surface area contributed by atoms with Crippen molar-refractivity contribution in [1.82, 2.24) is 0 Å². The molecule has 0 aliphatic rings. The molecule has 0 atom stereocenters. The van der Waals surface area contributed by atoms with E-state index in [2.05, 4.69) is 38.8 Å². The number of hydrogen-bond acceptors (Lipinski definition) is 0. The largest absolute Gasteiger partial charge is 0.416 e. The highest BCUT2D eigenvalue weighted by molar-refractivity contribution is 9.09. The molecule has 19 heavy (non-hydrogen) atoms. The van der Waals surface area contributed by atoms with E-state index in [4.69, 9.17) is 0 Å². The van der Waals surface area contributed by atoms with Crippen molar-refractivity contribution in [3.8, 4) is 0 Å². The molecule has 0 bridgehead atoms. The van der Waals surface area contributed by atoms with Gasteiger partial charge in [0.15, 0.2) is 0 Å². The molecule has 0 heterocycles. The van der Waals surface area contributed by atoms with Gasteiger partial charge in [0.1, 0.15) is 0 Å². The van der Waals surface area contributed by atoms with Gasteiger partial charge in [0.25, 0.3) is 0 Å². The molecule has 108 valence electrons. The van der Waals surface area contributed by atoms with Crippen LogP contribution in [0, 0.1) is 0 Å². The van der Waals surface area contributed by atoms with E-state index >= 15 is 0 Å². The molecule has 0 nitrogen and oxygen atoms in total. The molecule has 0 fully saturated rings. The van der Waals surface area contributed by atoms with Crippen LogP contribution in [-0.2, 0) is 11.5 Å². The van der Waals surface area contributed by atoms with Crippen LogP contribution >= 0.6 is 31.9 Å². The van der Waals surface area contributed by atoms with E-state index in [1.165, 1.54) is 36.7 Å². The molecule has 1 aromatic rings. The predicted molar refractivity (Wildman–Crippen MR) is 83.1 cm³/mol. The molecule has 0 aliphatic carbocycles. The summed E-state index contributed by atoms with van der Waals surface area (Å²) in [6, 6.07) is 5.51. The van der Waals surface area contributed by atoms with E-state index in [9.17, 15) is 13.2 Å². The van der Waals surface area contributed by atoms with Crippen LogP contribution in [0.3, 0.4) is 0 Å². The molecule has 0 unspecified atom stereocenters. The quantitative estimate of drug-likeness (QED) is 0.330. The van der Waals surface area contributed by atoms with Gasteiger partial charge in [0.2, 0.25) is 0 Å². The first-order valence-corrected chi connectivity index (χ1v) is 7.98. The first kappa shape index (κ1) is 21.5. The lowest BCUT2D eigenvalue weighted by Crippen LogP contribution is -2.07. The normalized spacial score (nSPS) is 10.2. The van der Waals surface area contributed by atoms with Gasteiger partial charge in [0.05, 0.1) is 5.56 Å². The Labute approximate surface area is 134 Å². The van der Waals surface area contributed by atoms with Crippen molar-refractivity contribution in [1.29, 1.82) is 0 Å². The third-order valence-electron chi connectivity index (χ3n) is 2.20.